The average Bonchev–Trinajstić information content (AvgIpc) is 2.29. The first-order chi connectivity index (χ1) is 8.81. The van der Waals surface area contributed by atoms with E-state index < -0.39 is 12.6 Å². The lowest BCUT2D eigenvalue weighted by molar-refractivity contribution is -0.135. The molecule has 19 heavy (non-hydrogen) atoms. The van der Waals surface area contributed by atoms with Gasteiger partial charge in [0, 0.05) is 22.5 Å². The van der Waals surface area contributed by atoms with Crippen LogP contribution in [0.3, 0.4) is 0 Å². The molecule has 1 rings (SSSR count). The molecule has 6 heteroatoms. The van der Waals surface area contributed by atoms with E-state index in [4.69, 9.17) is 23.2 Å². The van der Waals surface area contributed by atoms with Gasteiger partial charge in [-0.3, -0.25) is 0 Å². The monoisotopic (exact) mass is 313 g/mol. The molecule has 0 aliphatic heterocycles. The van der Waals surface area contributed by atoms with Gasteiger partial charge < -0.3 is 5.32 Å². The Hall–Kier alpha value is -0.450. The number of hydrogen-bond acceptors (Lipinski definition) is 1. The fourth-order valence-corrected chi connectivity index (χ4v) is 2.34. The minimum absolute atomic E-state index is 0.0268. The molecule has 0 bridgehead atoms. The molecule has 1 unspecified atom stereocenters. The Morgan fingerprint density at radius 2 is 1.95 bits per heavy atom. The van der Waals surface area contributed by atoms with Crippen molar-refractivity contribution in [3.05, 3.63) is 33.8 Å². The Bertz CT molecular complexity index is 407. The fourth-order valence-electron chi connectivity index (χ4n) is 1.85. The Labute approximate surface area is 121 Å². The highest BCUT2D eigenvalue weighted by molar-refractivity contribution is 6.35. The van der Waals surface area contributed by atoms with Gasteiger partial charge >= 0.3 is 6.18 Å². The highest BCUT2D eigenvalue weighted by Gasteiger charge is 2.26. The zero-order chi connectivity index (χ0) is 14.5. The molecule has 108 valence electrons. The lowest BCUT2D eigenvalue weighted by Crippen LogP contribution is -2.28. The van der Waals surface area contributed by atoms with Crippen LogP contribution in [0.25, 0.3) is 0 Å². The van der Waals surface area contributed by atoms with E-state index in [1.165, 1.54) is 0 Å². The van der Waals surface area contributed by atoms with Gasteiger partial charge in [-0.15, -0.1) is 0 Å². The van der Waals surface area contributed by atoms with Crippen molar-refractivity contribution in [2.24, 2.45) is 0 Å². The van der Waals surface area contributed by atoms with E-state index in [0.29, 0.717) is 22.9 Å². The summed E-state index contributed by atoms with van der Waals surface area (Å²) in [4.78, 5) is 0. The summed E-state index contributed by atoms with van der Waals surface area (Å²) < 4.78 is 36.3. The maximum absolute atomic E-state index is 12.1. The molecule has 0 aliphatic carbocycles. The predicted molar refractivity (Wildman–Crippen MR) is 72.9 cm³/mol. The molecule has 0 spiro atoms. The molecule has 0 fully saturated rings. The second kappa shape index (κ2) is 7.36. The van der Waals surface area contributed by atoms with Crippen LogP contribution in [0.2, 0.25) is 10.0 Å². The van der Waals surface area contributed by atoms with Crippen molar-refractivity contribution in [2.75, 3.05) is 7.05 Å². The van der Waals surface area contributed by atoms with Gasteiger partial charge in [0.1, 0.15) is 0 Å². The van der Waals surface area contributed by atoms with E-state index in [1.54, 1.807) is 25.2 Å². The van der Waals surface area contributed by atoms with Crippen LogP contribution in [-0.4, -0.2) is 19.3 Å². The van der Waals surface area contributed by atoms with Gasteiger partial charge in [0.25, 0.3) is 0 Å². The van der Waals surface area contributed by atoms with Crippen molar-refractivity contribution >= 4 is 23.2 Å². The highest BCUT2D eigenvalue weighted by Crippen LogP contribution is 2.25. The van der Waals surface area contributed by atoms with Crippen LogP contribution in [0.15, 0.2) is 18.2 Å². The average molecular weight is 314 g/mol. The van der Waals surface area contributed by atoms with Gasteiger partial charge in [-0.25, -0.2) is 0 Å². The van der Waals surface area contributed by atoms with E-state index in [0.717, 1.165) is 5.56 Å². The first-order valence-electron chi connectivity index (χ1n) is 6.00. The summed E-state index contributed by atoms with van der Waals surface area (Å²) in [5, 5.41) is 4.11. The van der Waals surface area contributed by atoms with Gasteiger partial charge in [0.05, 0.1) is 0 Å². The Balaban J connectivity index is 2.52. The number of benzene rings is 1. The molecule has 1 aromatic rings. The van der Waals surface area contributed by atoms with Crippen LogP contribution < -0.4 is 5.32 Å². The molecule has 1 N–H and O–H groups in total. The number of alkyl halides is 3. The molecule has 1 nitrogen and oxygen atoms in total. The van der Waals surface area contributed by atoms with Gasteiger partial charge in [0.15, 0.2) is 0 Å². The molecule has 0 aromatic heterocycles. The van der Waals surface area contributed by atoms with Crippen molar-refractivity contribution < 1.29 is 13.2 Å². The Kier molecular flexibility index (Phi) is 6.43. The Morgan fingerprint density at radius 1 is 1.26 bits per heavy atom. The van der Waals surface area contributed by atoms with Crippen LogP contribution >= 0.6 is 23.2 Å². The summed E-state index contributed by atoms with van der Waals surface area (Å²) in [5.41, 5.74) is 0.887. The first kappa shape index (κ1) is 16.6. The summed E-state index contributed by atoms with van der Waals surface area (Å²) >= 11 is 11.8. The molecule has 0 radical (unpaired) electrons. The van der Waals surface area contributed by atoms with Gasteiger partial charge in [-0.2, -0.15) is 13.2 Å². The third-order valence-corrected chi connectivity index (χ3v) is 3.49. The normalized spacial score (nSPS) is 13.6. The molecule has 0 heterocycles. The van der Waals surface area contributed by atoms with Crippen LogP contribution in [0.5, 0.6) is 0 Å². The maximum atomic E-state index is 12.1. The van der Waals surface area contributed by atoms with Crippen molar-refractivity contribution in [3.8, 4) is 0 Å². The van der Waals surface area contributed by atoms with Crippen molar-refractivity contribution in [3.63, 3.8) is 0 Å². The van der Waals surface area contributed by atoms with E-state index >= 15 is 0 Å². The molecular formula is C13H16Cl2F3N. The number of likely N-dealkylation sites (N-methyl/N-ethyl adjacent to an activating group) is 1. The van der Waals surface area contributed by atoms with Crippen LogP contribution in [0.4, 0.5) is 13.2 Å². The van der Waals surface area contributed by atoms with Crippen LogP contribution in [0, 0.1) is 0 Å². The standard InChI is InChI=1S/C13H16Cl2F3N/c1-19-11(3-2-6-13(16,17)18)7-9-4-5-10(14)8-12(9)15/h4-5,8,11,19H,2-3,6-7H2,1H3. The Morgan fingerprint density at radius 3 is 2.47 bits per heavy atom. The number of halogens is 5. The highest BCUT2D eigenvalue weighted by atomic mass is 35.5. The van der Waals surface area contributed by atoms with Crippen molar-refractivity contribution in [1.29, 1.82) is 0 Å². The topological polar surface area (TPSA) is 12.0 Å². The number of rotatable bonds is 6. The van der Waals surface area contributed by atoms with E-state index in [1.807, 2.05) is 0 Å². The summed E-state index contributed by atoms with van der Waals surface area (Å²) in [6.07, 6.45) is -3.69. The largest absolute Gasteiger partial charge is 0.389 e. The second-order valence-electron chi connectivity index (χ2n) is 4.43. The van der Waals surface area contributed by atoms with Crippen molar-refractivity contribution in [1.82, 2.24) is 5.32 Å². The molecule has 1 atom stereocenters. The minimum atomic E-state index is -4.09. The molecule has 0 amide bonds. The van der Waals surface area contributed by atoms with E-state index in [-0.39, 0.29) is 12.5 Å². The van der Waals surface area contributed by atoms with Gasteiger partial charge in [0.2, 0.25) is 0 Å². The summed E-state index contributed by atoms with van der Waals surface area (Å²) in [6, 6.07) is 5.14. The number of nitrogens with one attached hydrogen (secondary N) is 1. The SMILES string of the molecule is CNC(CCCC(F)(F)F)Cc1ccc(Cl)cc1Cl. The van der Waals surface area contributed by atoms with E-state index in [9.17, 15) is 13.2 Å². The number of hydrogen-bond donors (Lipinski definition) is 1. The minimum Gasteiger partial charge on any atom is -0.317 e. The molecule has 1 aromatic carbocycles. The zero-order valence-corrected chi connectivity index (χ0v) is 12.0. The molecule has 0 aliphatic rings. The summed E-state index contributed by atoms with van der Waals surface area (Å²) in [7, 11) is 1.74. The lowest BCUT2D eigenvalue weighted by atomic mass is 10.0. The van der Waals surface area contributed by atoms with Crippen LogP contribution in [-0.2, 0) is 6.42 Å². The molecule has 0 saturated heterocycles. The third-order valence-electron chi connectivity index (χ3n) is 2.90. The van der Waals surface area contributed by atoms with Crippen molar-refractivity contribution in [2.45, 2.75) is 37.9 Å². The van der Waals surface area contributed by atoms with E-state index in [2.05, 4.69) is 5.32 Å². The smallest absolute Gasteiger partial charge is 0.317 e. The maximum Gasteiger partial charge on any atom is 0.389 e. The lowest BCUT2D eigenvalue weighted by Gasteiger charge is -2.17. The molecular weight excluding hydrogens is 298 g/mol. The molecule has 0 saturated carbocycles. The van der Waals surface area contributed by atoms with Gasteiger partial charge in [-0.05, 0) is 44.0 Å². The quantitative estimate of drug-likeness (QED) is 0.791. The fraction of sp³-hybridized carbons (Fsp3) is 0.538. The summed E-state index contributed by atoms with van der Waals surface area (Å²) in [6.45, 7) is 0. The predicted octanol–water partition coefficient (Wildman–Crippen LogP) is 4.86. The second-order valence-corrected chi connectivity index (χ2v) is 5.28. The summed E-state index contributed by atoms with van der Waals surface area (Å²) in [5.74, 6) is 0. The third kappa shape index (κ3) is 6.50. The van der Waals surface area contributed by atoms with Gasteiger partial charge in [-0.1, -0.05) is 29.3 Å². The zero-order valence-electron chi connectivity index (χ0n) is 10.5. The first-order valence-corrected chi connectivity index (χ1v) is 6.75. The van der Waals surface area contributed by atoms with Crippen LogP contribution in [0.1, 0.15) is 24.8 Å².